The molecule has 0 aromatic heterocycles. The Morgan fingerprint density at radius 1 is 0.963 bits per heavy atom. The minimum absolute atomic E-state index is 0.0171. The van der Waals surface area contributed by atoms with E-state index in [4.69, 9.17) is 9.47 Å². The van der Waals surface area contributed by atoms with Crippen molar-refractivity contribution in [1.82, 2.24) is 0 Å². The third kappa shape index (κ3) is 4.78. The van der Waals surface area contributed by atoms with E-state index in [0.29, 0.717) is 17.7 Å². The summed E-state index contributed by atoms with van der Waals surface area (Å²) < 4.78 is 11.3. The zero-order valence-corrected chi connectivity index (χ0v) is 17.3. The lowest BCUT2D eigenvalue weighted by molar-refractivity contribution is 0.103. The van der Waals surface area contributed by atoms with E-state index in [1.165, 1.54) is 5.56 Å². The highest BCUT2D eigenvalue weighted by Gasteiger charge is 2.26. The van der Waals surface area contributed by atoms with Gasteiger partial charge in [0.25, 0.3) is 0 Å². The van der Waals surface area contributed by atoms with Crippen LogP contribution in [0, 0.1) is 0 Å². The summed E-state index contributed by atoms with van der Waals surface area (Å²) in [5.41, 5.74) is 3.68. The van der Waals surface area contributed by atoms with Gasteiger partial charge in [-0.15, -0.1) is 0 Å². The maximum atomic E-state index is 13.0. The minimum atomic E-state index is -0.0598. The van der Waals surface area contributed by atoms with Crippen LogP contribution in [0.25, 0.3) is 0 Å². The van der Waals surface area contributed by atoms with Gasteiger partial charge in [0.15, 0.2) is 5.78 Å². The summed E-state index contributed by atoms with van der Waals surface area (Å²) in [5.74, 6) is 0.790. The average Bonchev–Trinajstić information content (AvgIpc) is 3.42. The molecule has 3 heteroatoms. The highest BCUT2D eigenvalue weighted by molar-refractivity contribution is 6.09. The molecule has 2 aromatic carbocycles. The number of hydrogen-bond acceptors (Lipinski definition) is 3. The van der Waals surface area contributed by atoms with Gasteiger partial charge in [0.05, 0.1) is 6.61 Å². The van der Waals surface area contributed by atoms with Gasteiger partial charge in [-0.1, -0.05) is 77.9 Å². The molecule has 0 amide bonds. The molecule has 1 fully saturated rings. The van der Waals surface area contributed by atoms with Crippen molar-refractivity contribution in [2.45, 2.75) is 58.5 Å². The Balaban J connectivity index is 1.88. The Morgan fingerprint density at radius 3 is 2.07 bits per heavy atom. The number of hydrogen-bond donors (Lipinski definition) is 0. The highest BCUT2D eigenvalue weighted by atomic mass is 16.6. The van der Waals surface area contributed by atoms with E-state index >= 15 is 0 Å². The van der Waals surface area contributed by atoms with Crippen molar-refractivity contribution in [2.75, 3.05) is 13.2 Å². The fraction of sp³-hybridized carbons (Fsp3) is 0.458. The predicted octanol–water partition coefficient (Wildman–Crippen LogP) is 5.29. The van der Waals surface area contributed by atoms with Gasteiger partial charge in [-0.2, -0.15) is 0 Å². The Morgan fingerprint density at radius 2 is 1.56 bits per heavy atom. The SMILES string of the molecule is CC(C)(C)c1ccc(C(=O)c2ccc(C(C)(C)C)c(OCC3CO3)c2)cc1. The fourth-order valence-electron chi connectivity index (χ4n) is 3.04. The second kappa shape index (κ2) is 7.12. The second-order valence-corrected chi connectivity index (χ2v) is 9.38. The Kier molecular flexibility index (Phi) is 5.18. The smallest absolute Gasteiger partial charge is 0.193 e. The predicted molar refractivity (Wildman–Crippen MR) is 109 cm³/mol. The van der Waals surface area contributed by atoms with Crippen molar-refractivity contribution >= 4 is 5.78 Å². The molecule has 1 aliphatic heterocycles. The molecule has 0 spiro atoms. The van der Waals surface area contributed by atoms with Crippen LogP contribution in [0.1, 0.15) is 68.6 Å². The van der Waals surface area contributed by atoms with E-state index in [-0.39, 0.29) is 22.7 Å². The van der Waals surface area contributed by atoms with Crippen LogP contribution in [0.3, 0.4) is 0 Å². The first-order valence-electron chi connectivity index (χ1n) is 9.60. The molecule has 1 atom stereocenters. The van der Waals surface area contributed by atoms with E-state index in [0.717, 1.165) is 17.9 Å². The van der Waals surface area contributed by atoms with Crippen LogP contribution in [-0.2, 0) is 15.6 Å². The molecule has 0 radical (unpaired) electrons. The van der Waals surface area contributed by atoms with Crippen LogP contribution in [0.5, 0.6) is 5.75 Å². The standard InChI is InChI=1S/C24H30O3/c1-23(2,3)18-10-7-16(8-11-18)22(25)17-9-12-20(24(4,5)6)21(13-17)27-15-19-14-26-19/h7-13,19H,14-15H2,1-6H3. The zero-order chi connectivity index (χ0) is 19.8. The summed E-state index contributed by atoms with van der Waals surface area (Å²) in [6.45, 7) is 14.2. The molecule has 3 rings (SSSR count). The summed E-state index contributed by atoms with van der Waals surface area (Å²) in [5, 5.41) is 0. The van der Waals surface area contributed by atoms with Gasteiger partial charge < -0.3 is 9.47 Å². The molecule has 1 unspecified atom stereocenters. The summed E-state index contributed by atoms with van der Waals surface area (Å²) in [4.78, 5) is 13.0. The van der Waals surface area contributed by atoms with Gasteiger partial charge in [-0.3, -0.25) is 4.79 Å². The van der Waals surface area contributed by atoms with Crippen molar-refractivity contribution in [2.24, 2.45) is 0 Å². The lowest BCUT2D eigenvalue weighted by atomic mass is 9.84. The number of ketones is 1. The van der Waals surface area contributed by atoms with E-state index in [9.17, 15) is 4.79 Å². The summed E-state index contributed by atoms with van der Waals surface area (Å²) >= 11 is 0. The van der Waals surface area contributed by atoms with Crippen molar-refractivity contribution in [3.8, 4) is 5.75 Å². The lowest BCUT2D eigenvalue weighted by Crippen LogP contribution is -2.16. The monoisotopic (exact) mass is 366 g/mol. The first-order chi connectivity index (χ1) is 12.6. The maximum absolute atomic E-state index is 13.0. The van der Waals surface area contributed by atoms with E-state index in [2.05, 4.69) is 41.5 Å². The third-order valence-electron chi connectivity index (χ3n) is 4.89. The van der Waals surface area contributed by atoms with Crippen LogP contribution in [0.2, 0.25) is 0 Å². The molecular weight excluding hydrogens is 336 g/mol. The molecule has 0 aliphatic carbocycles. The van der Waals surface area contributed by atoms with E-state index in [1.807, 2.05) is 42.5 Å². The van der Waals surface area contributed by atoms with Gasteiger partial charge in [-0.05, 0) is 28.0 Å². The first kappa shape index (κ1) is 19.6. The Bertz CT molecular complexity index is 816. The number of epoxide rings is 1. The number of rotatable bonds is 5. The summed E-state index contributed by atoms with van der Waals surface area (Å²) in [6, 6.07) is 13.7. The quantitative estimate of drug-likeness (QED) is 0.533. The van der Waals surface area contributed by atoms with Crippen molar-refractivity contribution in [3.05, 3.63) is 64.7 Å². The second-order valence-electron chi connectivity index (χ2n) is 9.38. The fourth-order valence-corrected chi connectivity index (χ4v) is 3.04. The molecule has 1 aliphatic rings. The normalized spacial score (nSPS) is 16.9. The number of carbonyl (C=O) groups is 1. The van der Waals surface area contributed by atoms with Gasteiger partial charge in [-0.25, -0.2) is 0 Å². The molecule has 144 valence electrons. The van der Waals surface area contributed by atoms with Gasteiger partial charge in [0.1, 0.15) is 18.5 Å². The average molecular weight is 367 g/mol. The van der Waals surface area contributed by atoms with E-state index in [1.54, 1.807) is 0 Å². The third-order valence-corrected chi connectivity index (χ3v) is 4.89. The maximum Gasteiger partial charge on any atom is 0.193 e. The van der Waals surface area contributed by atoms with Gasteiger partial charge in [0, 0.05) is 11.1 Å². The summed E-state index contributed by atoms with van der Waals surface area (Å²) in [6.07, 6.45) is 0.183. The molecule has 0 bridgehead atoms. The molecule has 27 heavy (non-hydrogen) atoms. The van der Waals surface area contributed by atoms with Crippen LogP contribution in [-0.4, -0.2) is 25.1 Å². The van der Waals surface area contributed by atoms with E-state index < -0.39 is 0 Å². The topological polar surface area (TPSA) is 38.8 Å². The van der Waals surface area contributed by atoms with Crippen molar-refractivity contribution in [1.29, 1.82) is 0 Å². The minimum Gasteiger partial charge on any atom is -0.490 e. The summed E-state index contributed by atoms with van der Waals surface area (Å²) in [7, 11) is 0. The number of ether oxygens (including phenoxy) is 2. The number of benzene rings is 2. The largest absolute Gasteiger partial charge is 0.490 e. The van der Waals surface area contributed by atoms with Crippen LogP contribution in [0.15, 0.2) is 42.5 Å². The van der Waals surface area contributed by atoms with Crippen molar-refractivity contribution < 1.29 is 14.3 Å². The van der Waals surface area contributed by atoms with Crippen LogP contribution >= 0.6 is 0 Å². The molecule has 2 aromatic rings. The number of carbonyl (C=O) groups excluding carboxylic acids is 1. The molecule has 1 heterocycles. The molecule has 0 N–H and O–H groups in total. The van der Waals surface area contributed by atoms with Crippen LogP contribution < -0.4 is 4.74 Å². The Hall–Kier alpha value is -2.13. The van der Waals surface area contributed by atoms with Gasteiger partial charge in [0.2, 0.25) is 0 Å². The first-order valence-corrected chi connectivity index (χ1v) is 9.60. The molecule has 3 nitrogen and oxygen atoms in total. The van der Waals surface area contributed by atoms with Gasteiger partial charge >= 0.3 is 0 Å². The Labute approximate surface area is 162 Å². The molecule has 0 saturated carbocycles. The van der Waals surface area contributed by atoms with Crippen LogP contribution in [0.4, 0.5) is 0 Å². The lowest BCUT2D eigenvalue weighted by Gasteiger charge is -2.23. The molecular formula is C24H30O3. The molecule has 1 saturated heterocycles. The highest BCUT2D eigenvalue weighted by Crippen LogP contribution is 2.33. The van der Waals surface area contributed by atoms with Crippen molar-refractivity contribution in [3.63, 3.8) is 0 Å². The zero-order valence-electron chi connectivity index (χ0n) is 17.3.